The van der Waals surface area contributed by atoms with Gasteiger partial charge in [-0.2, -0.15) is 0 Å². The molecular formula is C12H18F2N2. The van der Waals surface area contributed by atoms with E-state index in [1.807, 2.05) is 30.1 Å². The quantitative estimate of drug-likeness (QED) is 0.841. The van der Waals surface area contributed by atoms with Crippen LogP contribution in [0.15, 0.2) is 18.5 Å². The lowest BCUT2D eigenvalue weighted by molar-refractivity contribution is -0.0442. The Hall–Kier alpha value is -0.900. The molecule has 2 rings (SSSR count). The fourth-order valence-corrected chi connectivity index (χ4v) is 2.27. The number of hydrogen-bond donors (Lipinski definition) is 1. The lowest BCUT2D eigenvalue weighted by Gasteiger charge is -2.29. The van der Waals surface area contributed by atoms with Crippen molar-refractivity contribution in [2.75, 3.05) is 0 Å². The SMILES string of the molecule is Cn1ccc(CN[C@H]2CCCC(F)(F)C2)c1. The van der Waals surface area contributed by atoms with E-state index in [0.717, 1.165) is 12.0 Å². The van der Waals surface area contributed by atoms with Crippen LogP contribution in [0.4, 0.5) is 8.78 Å². The molecule has 0 amide bonds. The van der Waals surface area contributed by atoms with E-state index in [4.69, 9.17) is 0 Å². The normalized spacial score (nSPS) is 24.6. The second kappa shape index (κ2) is 4.53. The van der Waals surface area contributed by atoms with Crippen LogP contribution in [0, 0.1) is 0 Å². The van der Waals surface area contributed by atoms with Crippen LogP contribution in [-0.2, 0) is 13.6 Å². The van der Waals surface area contributed by atoms with Crippen LogP contribution < -0.4 is 5.32 Å². The summed E-state index contributed by atoms with van der Waals surface area (Å²) in [7, 11) is 1.96. The lowest BCUT2D eigenvalue weighted by Crippen LogP contribution is -2.38. The minimum atomic E-state index is -2.47. The predicted molar refractivity (Wildman–Crippen MR) is 59.5 cm³/mol. The third kappa shape index (κ3) is 3.04. The summed E-state index contributed by atoms with van der Waals surface area (Å²) in [6.07, 6.45) is 5.50. The summed E-state index contributed by atoms with van der Waals surface area (Å²) in [6, 6.07) is 1.97. The molecule has 1 fully saturated rings. The highest BCUT2D eigenvalue weighted by molar-refractivity contribution is 5.09. The van der Waals surface area contributed by atoms with Crippen molar-refractivity contribution in [1.29, 1.82) is 0 Å². The Morgan fingerprint density at radius 1 is 1.56 bits per heavy atom. The summed E-state index contributed by atoms with van der Waals surface area (Å²) in [6.45, 7) is 0.682. The van der Waals surface area contributed by atoms with Gasteiger partial charge >= 0.3 is 0 Å². The first-order valence-electron chi connectivity index (χ1n) is 5.77. The Bertz CT molecular complexity index is 347. The van der Waals surface area contributed by atoms with Gasteiger partial charge in [-0.1, -0.05) is 0 Å². The largest absolute Gasteiger partial charge is 0.357 e. The van der Waals surface area contributed by atoms with Crippen molar-refractivity contribution in [3.05, 3.63) is 24.0 Å². The molecule has 0 bridgehead atoms. The van der Waals surface area contributed by atoms with Crippen LogP contribution in [0.25, 0.3) is 0 Å². The van der Waals surface area contributed by atoms with E-state index < -0.39 is 5.92 Å². The van der Waals surface area contributed by atoms with Gasteiger partial charge in [-0.05, 0) is 24.5 Å². The maximum Gasteiger partial charge on any atom is 0.249 e. The van der Waals surface area contributed by atoms with Crippen molar-refractivity contribution < 1.29 is 8.78 Å². The summed E-state index contributed by atoms with van der Waals surface area (Å²) < 4.78 is 28.2. The van der Waals surface area contributed by atoms with E-state index in [2.05, 4.69) is 5.32 Å². The van der Waals surface area contributed by atoms with Gasteiger partial charge in [0.2, 0.25) is 5.92 Å². The molecule has 0 aliphatic heterocycles. The number of nitrogens with one attached hydrogen (secondary N) is 1. The molecule has 4 heteroatoms. The molecule has 1 aliphatic carbocycles. The first-order chi connectivity index (χ1) is 7.55. The van der Waals surface area contributed by atoms with E-state index in [-0.39, 0.29) is 18.9 Å². The highest BCUT2D eigenvalue weighted by atomic mass is 19.3. The number of rotatable bonds is 3. The molecule has 0 aromatic carbocycles. The standard InChI is InChI=1S/C12H18F2N2/c1-16-6-4-10(9-16)8-15-11-3-2-5-12(13,14)7-11/h4,6,9,11,15H,2-3,5,7-8H2,1H3/t11-/m0/s1. The highest BCUT2D eigenvalue weighted by Crippen LogP contribution is 2.33. The van der Waals surface area contributed by atoms with Crippen molar-refractivity contribution >= 4 is 0 Å². The van der Waals surface area contributed by atoms with Crippen LogP contribution >= 0.6 is 0 Å². The van der Waals surface area contributed by atoms with Gasteiger partial charge < -0.3 is 9.88 Å². The van der Waals surface area contributed by atoms with E-state index in [0.29, 0.717) is 13.0 Å². The molecule has 2 nitrogen and oxygen atoms in total. The molecule has 1 heterocycles. The summed E-state index contributed by atoms with van der Waals surface area (Å²) >= 11 is 0. The molecule has 1 saturated carbocycles. The molecule has 1 aromatic heterocycles. The van der Waals surface area contributed by atoms with Gasteiger partial charge in [0.15, 0.2) is 0 Å². The summed E-state index contributed by atoms with van der Waals surface area (Å²) in [5.41, 5.74) is 1.15. The zero-order valence-electron chi connectivity index (χ0n) is 9.55. The molecule has 1 aromatic rings. The summed E-state index contributed by atoms with van der Waals surface area (Å²) in [5, 5.41) is 3.21. The van der Waals surface area contributed by atoms with E-state index in [1.165, 1.54) is 0 Å². The lowest BCUT2D eigenvalue weighted by atomic mass is 9.92. The summed E-state index contributed by atoms with van der Waals surface area (Å²) in [4.78, 5) is 0. The predicted octanol–water partition coefficient (Wildman–Crippen LogP) is 2.69. The van der Waals surface area contributed by atoms with Crippen molar-refractivity contribution in [2.45, 2.75) is 44.2 Å². The zero-order chi connectivity index (χ0) is 11.6. The molecule has 1 atom stereocenters. The van der Waals surface area contributed by atoms with Gasteiger partial charge in [0.05, 0.1) is 0 Å². The highest BCUT2D eigenvalue weighted by Gasteiger charge is 2.35. The molecule has 0 saturated heterocycles. The van der Waals surface area contributed by atoms with Gasteiger partial charge in [0.1, 0.15) is 0 Å². The Labute approximate surface area is 94.6 Å². The number of aromatic nitrogens is 1. The van der Waals surface area contributed by atoms with Crippen LogP contribution in [0.1, 0.15) is 31.2 Å². The molecular weight excluding hydrogens is 210 g/mol. The number of nitrogens with zero attached hydrogens (tertiary/aromatic N) is 1. The van der Waals surface area contributed by atoms with Crippen LogP contribution in [-0.4, -0.2) is 16.5 Å². The second-order valence-corrected chi connectivity index (χ2v) is 4.72. The zero-order valence-corrected chi connectivity index (χ0v) is 9.55. The maximum absolute atomic E-state index is 13.1. The first-order valence-corrected chi connectivity index (χ1v) is 5.77. The van der Waals surface area contributed by atoms with Crippen molar-refractivity contribution in [3.63, 3.8) is 0 Å². The summed E-state index contributed by atoms with van der Waals surface area (Å²) in [5.74, 6) is -2.47. The fraction of sp³-hybridized carbons (Fsp3) is 0.667. The number of alkyl halides is 2. The Morgan fingerprint density at radius 3 is 3.00 bits per heavy atom. The second-order valence-electron chi connectivity index (χ2n) is 4.72. The number of halogens is 2. The third-order valence-electron chi connectivity index (χ3n) is 3.13. The van der Waals surface area contributed by atoms with Gasteiger partial charge in [-0.15, -0.1) is 0 Å². The van der Waals surface area contributed by atoms with Crippen LogP contribution in [0.5, 0.6) is 0 Å². The van der Waals surface area contributed by atoms with Crippen molar-refractivity contribution in [2.24, 2.45) is 7.05 Å². The molecule has 0 unspecified atom stereocenters. The topological polar surface area (TPSA) is 17.0 Å². The smallest absolute Gasteiger partial charge is 0.249 e. The first kappa shape index (κ1) is 11.6. The molecule has 1 aliphatic rings. The molecule has 0 spiro atoms. The average molecular weight is 228 g/mol. The van der Waals surface area contributed by atoms with E-state index in [9.17, 15) is 8.78 Å². The number of hydrogen-bond acceptors (Lipinski definition) is 1. The third-order valence-corrected chi connectivity index (χ3v) is 3.13. The van der Waals surface area contributed by atoms with Crippen molar-refractivity contribution in [3.8, 4) is 0 Å². The minimum absolute atomic E-state index is 0.0141. The Kier molecular flexibility index (Phi) is 3.28. The molecule has 1 N–H and O–H groups in total. The van der Waals surface area contributed by atoms with Gasteiger partial charge in [-0.3, -0.25) is 0 Å². The van der Waals surface area contributed by atoms with Gasteiger partial charge in [0.25, 0.3) is 0 Å². The van der Waals surface area contributed by atoms with Crippen LogP contribution in [0.2, 0.25) is 0 Å². The molecule has 16 heavy (non-hydrogen) atoms. The molecule has 0 radical (unpaired) electrons. The van der Waals surface area contributed by atoms with Gasteiger partial charge in [-0.25, -0.2) is 8.78 Å². The minimum Gasteiger partial charge on any atom is -0.357 e. The van der Waals surface area contributed by atoms with Crippen molar-refractivity contribution in [1.82, 2.24) is 9.88 Å². The molecule has 90 valence electrons. The fourth-order valence-electron chi connectivity index (χ4n) is 2.27. The van der Waals surface area contributed by atoms with Crippen LogP contribution in [0.3, 0.4) is 0 Å². The number of aryl methyl sites for hydroxylation is 1. The van der Waals surface area contributed by atoms with E-state index >= 15 is 0 Å². The van der Waals surface area contributed by atoms with E-state index in [1.54, 1.807) is 0 Å². The maximum atomic E-state index is 13.1. The Morgan fingerprint density at radius 2 is 2.38 bits per heavy atom. The van der Waals surface area contributed by atoms with Gasteiger partial charge in [0, 0.05) is 44.9 Å². The monoisotopic (exact) mass is 228 g/mol. The Balaban J connectivity index is 1.82. The average Bonchev–Trinajstić information content (AvgIpc) is 2.60.